The van der Waals surface area contributed by atoms with E-state index < -0.39 is 42.1 Å². The smallest absolute Gasteiger partial charge is 0.409 e. The summed E-state index contributed by atoms with van der Waals surface area (Å²) in [5.41, 5.74) is 0.794. The Balaban J connectivity index is 2.27. The molecule has 0 saturated heterocycles. The van der Waals surface area contributed by atoms with Crippen molar-refractivity contribution in [1.82, 2.24) is 5.32 Å². The molecule has 9 heteroatoms. The van der Waals surface area contributed by atoms with Gasteiger partial charge in [-0.05, 0) is 44.4 Å². The van der Waals surface area contributed by atoms with E-state index in [9.17, 15) is 23.9 Å². The summed E-state index contributed by atoms with van der Waals surface area (Å²) in [7, 11) is 0. The van der Waals surface area contributed by atoms with Crippen LogP contribution >= 0.6 is 0 Å². The Bertz CT molecular complexity index is 1150. The van der Waals surface area contributed by atoms with Gasteiger partial charge in [0, 0.05) is 11.1 Å². The number of anilines is 1. The number of carboxylic acid groups (broad SMARTS) is 1. The third kappa shape index (κ3) is 5.41. The summed E-state index contributed by atoms with van der Waals surface area (Å²) in [6.45, 7) is 8.13. The fraction of sp³-hybridized carbons (Fsp3) is 0.360. The zero-order chi connectivity index (χ0) is 25.2. The number of rotatable bonds is 5. The highest BCUT2D eigenvalue weighted by atomic mass is 19.1. The van der Waals surface area contributed by atoms with Crippen LogP contribution in [0.1, 0.15) is 57.2 Å². The number of amides is 2. The number of alkyl carbamates (subject to hydrolysis) is 1. The summed E-state index contributed by atoms with van der Waals surface area (Å²) in [6, 6.07) is 11.1. The third-order valence-corrected chi connectivity index (χ3v) is 5.05. The molecule has 2 amide bonds. The van der Waals surface area contributed by atoms with Gasteiger partial charge in [-0.1, -0.05) is 44.2 Å². The number of fused-ring (bicyclic) bond motifs is 1. The van der Waals surface area contributed by atoms with Crippen molar-refractivity contribution in [3.63, 3.8) is 0 Å². The molecule has 1 aliphatic rings. The number of nitrogens with one attached hydrogen (secondary N) is 1. The molecular formula is C25H28FN3O5. The second kappa shape index (κ2) is 9.62. The number of hydrogen-bond acceptors (Lipinski definition) is 5. The Labute approximate surface area is 197 Å². The Hall–Kier alpha value is -3.75. The first kappa shape index (κ1) is 24.9. The van der Waals surface area contributed by atoms with Crippen LogP contribution in [0.2, 0.25) is 0 Å². The molecule has 2 aromatic rings. The van der Waals surface area contributed by atoms with Crippen LogP contribution < -0.4 is 10.2 Å². The molecule has 1 heterocycles. The maximum absolute atomic E-state index is 14.9. The van der Waals surface area contributed by atoms with Gasteiger partial charge >= 0.3 is 12.1 Å². The number of halogens is 1. The second-order valence-electron chi connectivity index (χ2n) is 9.22. The standard InChI is InChI=1S/C25H28FN3O5/c1-14(2)15-10-8-11-17-20(16-9-6-7-12-18(16)26)27-22(28-24(33)34-25(3,4)5)23(32)29(21(15)17)13-19(30)31/h6-12,14,22H,13H2,1-5H3,(H,28,33)(H,30,31)/t22-/m1/s1. The number of benzodiazepines with no additional fused rings is 1. The van der Waals surface area contributed by atoms with E-state index in [-0.39, 0.29) is 17.2 Å². The van der Waals surface area contributed by atoms with Crippen LogP contribution in [0.3, 0.4) is 0 Å². The molecule has 0 radical (unpaired) electrons. The van der Waals surface area contributed by atoms with Crippen molar-refractivity contribution in [1.29, 1.82) is 0 Å². The van der Waals surface area contributed by atoms with E-state index in [1.165, 1.54) is 18.2 Å². The van der Waals surface area contributed by atoms with Gasteiger partial charge in [-0.3, -0.25) is 19.8 Å². The molecule has 3 rings (SSSR count). The van der Waals surface area contributed by atoms with Crippen LogP contribution in [-0.2, 0) is 14.3 Å². The zero-order valence-electron chi connectivity index (χ0n) is 19.8. The van der Waals surface area contributed by atoms with Gasteiger partial charge in [0.15, 0.2) is 0 Å². The first-order valence-corrected chi connectivity index (χ1v) is 10.9. The molecule has 34 heavy (non-hydrogen) atoms. The van der Waals surface area contributed by atoms with Crippen molar-refractivity contribution in [3.05, 3.63) is 65.0 Å². The van der Waals surface area contributed by atoms with E-state index in [4.69, 9.17) is 4.74 Å². The van der Waals surface area contributed by atoms with Gasteiger partial charge in [-0.15, -0.1) is 0 Å². The number of aliphatic imine (C=N–C) groups is 1. The Morgan fingerprint density at radius 1 is 1.15 bits per heavy atom. The van der Waals surface area contributed by atoms with Crippen LogP contribution in [0.15, 0.2) is 47.5 Å². The summed E-state index contributed by atoms with van der Waals surface area (Å²) in [4.78, 5) is 43.3. The number of nitrogens with zero attached hydrogens (tertiary/aromatic N) is 2. The number of ether oxygens (including phenoxy) is 1. The quantitative estimate of drug-likeness (QED) is 0.686. The summed E-state index contributed by atoms with van der Waals surface area (Å²) in [5, 5.41) is 12.0. The van der Waals surface area contributed by atoms with Gasteiger partial charge in [-0.2, -0.15) is 0 Å². The lowest BCUT2D eigenvalue weighted by molar-refractivity contribution is -0.136. The molecule has 0 fully saturated rings. The summed E-state index contributed by atoms with van der Waals surface area (Å²) >= 11 is 0. The molecule has 0 unspecified atom stereocenters. The maximum Gasteiger partial charge on any atom is 0.409 e. The molecular weight excluding hydrogens is 441 g/mol. The van der Waals surface area contributed by atoms with Crippen LogP contribution in [0.25, 0.3) is 0 Å². The summed E-state index contributed by atoms with van der Waals surface area (Å²) in [6.07, 6.45) is -2.44. The second-order valence-corrected chi connectivity index (χ2v) is 9.22. The lowest BCUT2D eigenvalue weighted by Gasteiger charge is -2.27. The van der Waals surface area contributed by atoms with Crippen molar-refractivity contribution < 1.29 is 28.6 Å². The first-order valence-electron chi connectivity index (χ1n) is 10.9. The van der Waals surface area contributed by atoms with E-state index >= 15 is 0 Å². The summed E-state index contributed by atoms with van der Waals surface area (Å²) < 4.78 is 20.2. The lowest BCUT2D eigenvalue weighted by Crippen LogP contribution is -2.50. The number of carbonyl (C=O) groups is 3. The van der Waals surface area contributed by atoms with Crippen molar-refractivity contribution in [2.24, 2.45) is 4.99 Å². The fourth-order valence-electron chi connectivity index (χ4n) is 3.70. The molecule has 8 nitrogen and oxygen atoms in total. The average Bonchev–Trinajstić information content (AvgIpc) is 2.83. The summed E-state index contributed by atoms with van der Waals surface area (Å²) in [5.74, 6) is -2.68. The van der Waals surface area contributed by atoms with Crippen molar-refractivity contribution in [2.45, 2.75) is 52.3 Å². The van der Waals surface area contributed by atoms with Crippen LogP contribution in [0.5, 0.6) is 0 Å². The molecule has 0 saturated carbocycles. The van der Waals surface area contributed by atoms with Gasteiger partial charge in [-0.25, -0.2) is 14.2 Å². The molecule has 1 atom stereocenters. The first-order chi connectivity index (χ1) is 15.9. The number of benzene rings is 2. The molecule has 0 aromatic heterocycles. The van der Waals surface area contributed by atoms with Gasteiger partial charge in [0.25, 0.3) is 5.91 Å². The van der Waals surface area contributed by atoms with E-state index in [1.54, 1.807) is 45.0 Å². The van der Waals surface area contributed by atoms with E-state index in [1.807, 2.05) is 13.8 Å². The zero-order valence-corrected chi connectivity index (χ0v) is 19.8. The van der Waals surface area contributed by atoms with Crippen molar-refractivity contribution >= 4 is 29.4 Å². The SMILES string of the molecule is CC(C)c1cccc2c1N(CC(=O)O)C(=O)[C@@H](NC(=O)OC(C)(C)C)N=C2c1ccccc1F. The van der Waals surface area contributed by atoms with Gasteiger partial charge in [0.2, 0.25) is 6.17 Å². The Morgan fingerprint density at radius 2 is 1.79 bits per heavy atom. The molecule has 2 aromatic carbocycles. The predicted octanol–water partition coefficient (Wildman–Crippen LogP) is 4.07. The van der Waals surface area contributed by atoms with Gasteiger partial charge in [0.1, 0.15) is 18.0 Å². The van der Waals surface area contributed by atoms with Crippen LogP contribution in [0.4, 0.5) is 14.9 Å². The van der Waals surface area contributed by atoms with E-state index in [2.05, 4.69) is 10.3 Å². The highest BCUT2D eigenvalue weighted by molar-refractivity contribution is 6.21. The Kier molecular flexibility index (Phi) is 7.04. The largest absolute Gasteiger partial charge is 0.480 e. The van der Waals surface area contributed by atoms with Gasteiger partial charge in [0.05, 0.1) is 11.4 Å². The predicted molar refractivity (Wildman–Crippen MR) is 126 cm³/mol. The Morgan fingerprint density at radius 3 is 2.38 bits per heavy atom. The fourth-order valence-corrected chi connectivity index (χ4v) is 3.70. The van der Waals surface area contributed by atoms with Gasteiger partial charge < -0.3 is 9.84 Å². The lowest BCUT2D eigenvalue weighted by atomic mass is 9.92. The van der Waals surface area contributed by atoms with E-state index in [0.29, 0.717) is 16.8 Å². The van der Waals surface area contributed by atoms with Crippen LogP contribution in [0, 0.1) is 5.82 Å². The normalized spacial score (nSPS) is 16.0. The molecule has 1 aliphatic heterocycles. The molecule has 2 N–H and O–H groups in total. The van der Waals surface area contributed by atoms with Crippen molar-refractivity contribution in [3.8, 4) is 0 Å². The number of carbonyl (C=O) groups excluding carboxylic acids is 2. The monoisotopic (exact) mass is 469 g/mol. The van der Waals surface area contributed by atoms with Crippen LogP contribution in [-0.4, -0.2) is 47.1 Å². The number of hydrogen-bond donors (Lipinski definition) is 2. The van der Waals surface area contributed by atoms with Crippen molar-refractivity contribution in [2.75, 3.05) is 11.4 Å². The molecule has 0 aliphatic carbocycles. The topological polar surface area (TPSA) is 108 Å². The molecule has 0 spiro atoms. The number of aliphatic carboxylic acids is 1. The molecule has 180 valence electrons. The van der Waals surface area contributed by atoms with E-state index in [0.717, 1.165) is 4.90 Å². The third-order valence-electron chi connectivity index (χ3n) is 5.05. The minimum Gasteiger partial charge on any atom is -0.480 e. The average molecular weight is 470 g/mol. The maximum atomic E-state index is 14.9. The number of para-hydroxylation sites is 1. The minimum atomic E-state index is -1.53. The highest BCUT2D eigenvalue weighted by Crippen LogP contribution is 2.36. The minimum absolute atomic E-state index is 0.0868. The molecule has 0 bridgehead atoms. The highest BCUT2D eigenvalue weighted by Gasteiger charge is 2.37. The number of carboxylic acids is 1.